The zero-order chi connectivity index (χ0) is 15.7. The summed E-state index contributed by atoms with van der Waals surface area (Å²) in [5, 5.41) is 0. The Labute approximate surface area is 118 Å². The molecular weight excluding hydrogens is 313 g/mol. The number of hydrogen-bond acceptors (Lipinski definition) is 4. The number of carbonyl (C=O) groups excluding carboxylic acids is 1. The van der Waals surface area contributed by atoms with E-state index in [9.17, 15) is 26.4 Å². The molecule has 0 bridgehead atoms. The van der Waals surface area contributed by atoms with Gasteiger partial charge in [-0.25, -0.2) is 8.42 Å². The second kappa shape index (κ2) is 5.53. The van der Waals surface area contributed by atoms with Crippen LogP contribution in [0.3, 0.4) is 0 Å². The van der Waals surface area contributed by atoms with E-state index in [0.29, 0.717) is 12.8 Å². The van der Waals surface area contributed by atoms with Crippen molar-refractivity contribution in [3.05, 3.63) is 24.3 Å². The first-order valence-corrected chi connectivity index (χ1v) is 7.33. The third-order valence-corrected chi connectivity index (χ3v) is 3.89. The van der Waals surface area contributed by atoms with E-state index >= 15 is 0 Å². The molecular formula is C11H11F3N2O4S. The molecule has 0 unspecified atom stereocenters. The van der Waals surface area contributed by atoms with Crippen molar-refractivity contribution < 1.29 is 31.1 Å². The Balaban J connectivity index is 2.00. The highest BCUT2D eigenvalue weighted by Crippen LogP contribution is 2.28. The zero-order valence-electron chi connectivity index (χ0n) is 10.5. The molecule has 1 aromatic carbocycles. The Morgan fingerprint density at radius 3 is 2.24 bits per heavy atom. The first kappa shape index (κ1) is 15.6. The summed E-state index contributed by atoms with van der Waals surface area (Å²) in [7, 11) is -4.04. The highest BCUT2D eigenvalue weighted by Gasteiger charge is 2.32. The van der Waals surface area contributed by atoms with Gasteiger partial charge in [0.05, 0.1) is 4.90 Å². The normalized spacial score (nSPS) is 15.6. The molecule has 116 valence electrons. The van der Waals surface area contributed by atoms with Crippen molar-refractivity contribution in [2.45, 2.75) is 24.1 Å². The fraction of sp³-hybridized carbons (Fsp3) is 0.364. The van der Waals surface area contributed by atoms with Crippen LogP contribution in [-0.4, -0.2) is 20.7 Å². The topological polar surface area (TPSA) is 84.5 Å². The molecule has 0 atom stereocenters. The van der Waals surface area contributed by atoms with Crippen molar-refractivity contribution in [3.63, 3.8) is 0 Å². The maximum Gasteiger partial charge on any atom is 0.573 e. The van der Waals surface area contributed by atoms with E-state index in [0.717, 1.165) is 24.3 Å². The quantitative estimate of drug-likeness (QED) is 0.800. The smallest absolute Gasteiger partial charge is 0.406 e. The fourth-order valence-electron chi connectivity index (χ4n) is 1.44. The number of halogens is 3. The third-order valence-electron chi connectivity index (χ3n) is 2.62. The van der Waals surface area contributed by atoms with Crippen LogP contribution in [0, 0.1) is 5.92 Å². The van der Waals surface area contributed by atoms with Crippen molar-refractivity contribution in [1.82, 2.24) is 10.3 Å². The lowest BCUT2D eigenvalue weighted by Gasteiger charge is -2.10. The van der Waals surface area contributed by atoms with Crippen molar-refractivity contribution in [1.29, 1.82) is 0 Å². The van der Waals surface area contributed by atoms with E-state index in [1.807, 2.05) is 10.3 Å². The summed E-state index contributed by atoms with van der Waals surface area (Å²) < 4.78 is 63.1. The highest BCUT2D eigenvalue weighted by molar-refractivity contribution is 7.89. The monoisotopic (exact) mass is 324 g/mol. The maximum atomic E-state index is 12.0. The Kier molecular flexibility index (Phi) is 4.10. The number of sulfonamides is 1. The van der Waals surface area contributed by atoms with Crippen LogP contribution >= 0.6 is 0 Å². The molecule has 0 spiro atoms. The van der Waals surface area contributed by atoms with Gasteiger partial charge in [-0.05, 0) is 37.1 Å². The van der Waals surface area contributed by atoms with Gasteiger partial charge in [0.25, 0.3) is 10.0 Å². The van der Waals surface area contributed by atoms with Crippen molar-refractivity contribution >= 4 is 15.9 Å². The van der Waals surface area contributed by atoms with Gasteiger partial charge in [0.1, 0.15) is 5.75 Å². The predicted octanol–water partition coefficient (Wildman–Crippen LogP) is 1.30. The lowest BCUT2D eigenvalue weighted by molar-refractivity contribution is -0.274. The Morgan fingerprint density at radius 2 is 1.76 bits per heavy atom. The molecule has 2 N–H and O–H groups in total. The standard InChI is InChI=1S/C11H11F3N2O4S/c12-11(13,14)20-8-3-5-9(6-4-8)21(18,19)16-15-10(17)7-1-2-7/h3-7,16H,1-2H2,(H,15,17). The SMILES string of the molecule is O=C(NNS(=O)(=O)c1ccc(OC(F)(F)F)cc1)C1CC1. The largest absolute Gasteiger partial charge is 0.573 e. The Morgan fingerprint density at radius 1 is 1.19 bits per heavy atom. The van der Waals surface area contributed by atoms with Crippen LogP contribution in [0.4, 0.5) is 13.2 Å². The van der Waals surface area contributed by atoms with Gasteiger partial charge in [-0.15, -0.1) is 18.0 Å². The van der Waals surface area contributed by atoms with Gasteiger partial charge >= 0.3 is 6.36 Å². The minimum atomic E-state index is -4.85. The van der Waals surface area contributed by atoms with Crippen LogP contribution in [-0.2, 0) is 14.8 Å². The summed E-state index contributed by atoms with van der Waals surface area (Å²) in [6.45, 7) is 0. The first-order valence-electron chi connectivity index (χ1n) is 5.85. The molecule has 1 aromatic rings. The zero-order valence-corrected chi connectivity index (χ0v) is 11.3. The van der Waals surface area contributed by atoms with E-state index < -0.39 is 28.0 Å². The Hall–Kier alpha value is -1.81. The van der Waals surface area contributed by atoms with E-state index in [-0.39, 0.29) is 10.8 Å². The maximum absolute atomic E-state index is 12.0. The summed E-state index contributed by atoms with van der Waals surface area (Å²) in [4.78, 5) is 12.9. The molecule has 1 aliphatic rings. The fourth-order valence-corrected chi connectivity index (χ4v) is 2.29. The number of rotatable bonds is 5. The molecule has 21 heavy (non-hydrogen) atoms. The highest BCUT2D eigenvalue weighted by atomic mass is 32.2. The second-order valence-corrected chi connectivity index (χ2v) is 6.07. The number of benzene rings is 1. The molecule has 6 nitrogen and oxygen atoms in total. The van der Waals surface area contributed by atoms with Crippen molar-refractivity contribution in [2.75, 3.05) is 0 Å². The predicted molar refractivity (Wildman–Crippen MR) is 64.3 cm³/mol. The summed E-state index contributed by atoms with van der Waals surface area (Å²) in [6.07, 6.45) is -3.44. The van der Waals surface area contributed by atoms with E-state index in [2.05, 4.69) is 4.74 Å². The minimum absolute atomic E-state index is 0.185. The molecule has 10 heteroatoms. The molecule has 2 rings (SSSR count). The molecule has 0 saturated heterocycles. The van der Waals surface area contributed by atoms with Gasteiger partial charge in [-0.3, -0.25) is 10.2 Å². The average Bonchev–Trinajstić information content (AvgIpc) is 3.19. The molecule has 0 heterocycles. The van der Waals surface area contributed by atoms with Gasteiger partial charge < -0.3 is 4.74 Å². The molecule has 0 aromatic heterocycles. The minimum Gasteiger partial charge on any atom is -0.406 e. The molecule has 1 saturated carbocycles. The number of hydrazine groups is 1. The molecule has 1 aliphatic carbocycles. The summed E-state index contributed by atoms with van der Waals surface area (Å²) in [5.41, 5.74) is 2.05. The van der Waals surface area contributed by atoms with Gasteiger partial charge in [-0.2, -0.15) is 0 Å². The van der Waals surface area contributed by atoms with Crippen molar-refractivity contribution in [2.24, 2.45) is 5.92 Å². The van der Waals surface area contributed by atoms with E-state index in [1.165, 1.54) is 0 Å². The van der Waals surface area contributed by atoms with Gasteiger partial charge in [0.2, 0.25) is 5.91 Å². The molecule has 0 aliphatic heterocycles. The van der Waals surface area contributed by atoms with Crippen LogP contribution in [0.5, 0.6) is 5.75 Å². The van der Waals surface area contributed by atoms with Crippen LogP contribution in [0.2, 0.25) is 0 Å². The van der Waals surface area contributed by atoms with E-state index in [1.54, 1.807) is 0 Å². The van der Waals surface area contributed by atoms with Crippen LogP contribution in [0.1, 0.15) is 12.8 Å². The van der Waals surface area contributed by atoms with Gasteiger partial charge in [0, 0.05) is 5.92 Å². The number of ether oxygens (including phenoxy) is 1. The number of alkyl halides is 3. The molecule has 0 radical (unpaired) electrons. The lowest BCUT2D eigenvalue weighted by Crippen LogP contribution is -2.42. The van der Waals surface area contributed by atoms with Gasteiger partial charge in [0.15, 0.2) is 0 Å². The number of amides is 1. The number of nitrogens with one attached hydrogen (secondary N) is 2. The summed E-state index contributed by atoms with van der Waals surface area (Å²) in [6, 6.07) is 3.61. The third kappa shape index (κ3) is 4.60. The first-order chi connectivity index (χ1) is 9.67. The van der Waals surface area contributed by atoms with Crippen LogP contribution < -0.4 is 15.0 Å². The van der Waals surface area contributed by atoms with Crippen LogP contribution in [0.15, 0.2) is 29.2 Å². The van der Waals surface area contributed by atoms with Crippen molar-refractivity contribution in [3.8, 4) is 5.75 Å². The van der Waals surface area contributed by atoms with Crippen LogP contribution in [0.25, 0.3) is 0 Å². The lowest BCUT2D eigenvalue weighted by atomic mass is 10.3. The molecule has 1 fully saturated rings. The summed E-state index contributed by atoms with van der Waals surface area (Å²) >= 11 is 0. The number of hydrogen-bond donors (Lipinski definition) is 2. The summed E-state index contributed by atoms with van der Waals surface area (Å²) in [5.74, 6) is -1.16. The van der Waals surface area contributed by atoms with Gasteiger partial charge in [-0.1, -0.05) is 0 Å². The second-order valence-electron chi connectivity index (χ2n) is 4.39. The molecule has 1 amide bonds. The average molecular weight is 324 g/mol. The van der Waals surface area contributed by atoms with E-state index in [4.69, 9.17) is 0 Å². The number of carbonyl (C=O) groups is 1. The Bertz CT molecular complexity index is 624.